The average Bonchev–Trinajstić information content (AvgIpc) is 2.72. The predicted molar refractivity (Wildman–Crippen MR) is 109 cm³/mol. The maximum atomic E-state index is 12.8. The molecule has 0 fully saturated rings. The normalized spacial score (nSPS) is 11.7. The van der Waals surface area contributed by atoms with Crippen LogP contribution < -0.4 is 10.1 Å². The molecule has 2 aromatic heterocycles. The van der Waals surface area contributed by atoms with Crippen molar-refractivity contribution in [3.05, 3.63) is 71.5 Å². The van der Waals surface area contributed by atoms with Gasteiger partial charge in [0.15, 0.2) is 5.82 Å². The number of pyridine rings is 1. The molecule has 0 saturated heterocycles. The van der Waals surface area contributed by atoms with Crippen molar-refractivity contribution in [2.75, 3.05) is 5.32 Å². The third-order valence-corrected chi connectivity index (χ3v) is 4.53. The van der Waals surface area contributed by atoms with Crippen LogP contribution in [0.4, 0.5) is 33.5 Å². The maximum Gasteiger partial charge on any atom is 0.433 e. The van der Waals surface area contributed by atoms with E-state index in [2.05, 4.69) is 25.0 Å². The van der Waals surface area contributed by atoms with Gasteiger partial charge in [0.1, 0.15) is 17.3 Å². The van der Waals surface area contributed by atoms with Crippen LogP contribution in [0.1, 0.15) is 5.69 Å². The molecule has 0 aliphatic rings. The third-order valence-electron chi connectivity index (χ3n) is 4.29. The molecule has 4 rings (SSSR count). The molecule has 2 heterocycles. The third kappa shape index (κ3) is 4.86. The summed E-state index contributed by atoms with van der Waals surface area (Å²) in [5.41, 5.74) is 0.0245. The fourth-order valence-electron chi connectivity index (χ4n) is 2.91. The predicted octanol–water partition coefficient (Wildman–Crippen LogP) is 6.71. The Morgan fingerprint density at radius 1 is 0.969 bits per heavy atom. The smallest absolute Gasteiger partial charge is 0.433 e. The summed E-state index contributed by atoms with van der Waals surface area (Å²) >= 11 is 6.06. The summed E-state index contributed by atoms with van der Waals surface area (Å²) in [6.07, 6.45) is -3.55. The fraction of sp³-hybridized carbons (Fsp3) is 0.0952. The number of halogens is 6. The lowest BCUT2D eigenvalue weighted by Crippen LogP contribution is -2.07. The highest BCUT2D eigenvalue weighted by molar-refractivity contribution is 6.31. The van der Waals surface area contributed by atoms with Crippen LogP contribution in [0.5, 0.6) is 5.75 Å². The number of nitrogens with zero attached hydrogens (tertiary/aromatic N) is 3. The molecule has 0 aliphatic heterocycles. The van der Waals surface area contributed by atoms with Crippen LogP contribution in [0.25, 0.3) is 22.3 Å². The second-order valence-electron chi connectivity index (χ2n) is 6.52. The minimum absolute atomic E-state index is 0.0569. The van der Waals surface area contributed by atoms with Gasteiger partial charge in [0.25, 0.3) is 0 Å². The Morgan fingerprint density at radius 2 is 1.78 bits per heavy atom. The highest BCUT2D eigenvalue weighted by Crippen LogP contribution is 2.32. The van der Waals surface area contributed by atoms with Crippen LogP contribution in [-0.2, 0) is 6.18 Å². The Bertz CT molecular complexity index is 1270. The number of alkyl halides is 5. The first-order valence-corrected chi connectivity index (χ1v) is 9.40. The monoisotopic (exact) mass is 466 g/mol. The largest absolute Gasteiger partial charge is 0.435 e. The molecule has 2 aromatic carbocycles. The first-order valence-electron chi connectivity index (χ1n) is 9.02. The highest BCUT2D eigenvalue weighted by Gasteiger charge is 2.32. The summed E-state index contributed by atoms with van der Waals surface area (Å²) in [6, 6.07) is 12.7. The Labute approximate surface area is 182 Å². The van der Waals surface area contributed by atoms with E-state index in [1.54, 1.807) is 24.3 Å². The highest BCUT2D eigenvalue weighted by atomic mass is 35.5. The van der Waals surface area contributed by atoms with Crippen LogP contribution in [-0.4, -0.2) is 21.6 Å². The molecule has 4 aromatic rings. The summed E-state index contributed by atoms with van der Waals surface area (Å²) in [4.78, 5) is 12.2. The molecule has 1 N–H and O–H groups in total. The minimum atomic E-state index is -4.58. The molecule has 0 unspecified atom stereocenters. The molecular weight excluding hydrogens is 455 g/mol. The van der Waals surface area contributed by atoms with E-state index in [9.17, 15) is 22.0 Å². The standard InChI is InChI=1S/C21H12ClF5N4O/c22-12-5-6-15-16(8-12)30-18(11-4-7-17(28-10-11)21(25,26)27)31-19(15)29-13-2-1-3-14(9-13)32-20(23)24/h1-10,20H,(H,29,30,31). The van der Waals surface area contributed by atoms with Gasteiger partial charge in [-0.1, -0.05) is 17.7 Å². The van der Waals surface area contributed by atoms with Gasteiger partial charge in [-0.15, -0.1) is 0 Å². The lowest BCUT2D eigenvalue weighted by atomic mass is 10.2. The lowest BCUT2D eigenvalue weighted by molar-refractivity contribution is -0.141. The second kappa shape index (κ2) is 8.54. The summed E-state index contributed by atoms with van der Waals surface area (Å²) in [5.74, 6) is 0.331. The molecular formula is C21H12ClF5N4O. The van der Waals surface area contributed by atoms with Crippen molar-refractivity contribution in [3.8, 4) is 17.1 Å². The van der Waals surface area contributed by atoms with Gasteiger partial charge < -0.3 is 10.1 Å². The second-order valence-corrected chi connectivity index (χ2v) is 6.95. The van der Waals surface area contributed by atoms with Crippen molar-refractivity contribution in [1.29, 1.82) is 0 Å². The number of anilines is 2. The SMILES string of the molecule is FC(F)Oc1cccc(Nc2nc(-c3ccc(C(F)(F)F)nc3)nc3cc(Cl)ccc23)c1. The lowest BCUT2D eigenvalue weighted by Gasteiger charge is -2.13. The van der Waals surface area contributed by atoms with Gasteiger partial charge in [0.2, 0.25) is 0 Å². The fourth-order valence-corrected chi connectivity index (χ4v) is 3.07. The molecule has 0 saturated carbocycles. The molecule has 0 aliphatic carbocycles. The number of nitrogens with one attached hydrogen (secondary N) is 1. The number of hydrogen-bond donors (Lipinski definition) is 1. The summed E-state index contributed by atoms with van der Waals surface area (Å²) in [7, 11) is 0. The van der Waals surface area contributed by atoms with E-state index in [4.69, 9.17) is 11.6 Å². The Hall–Kier alpha value is -3.53. The molecule has 32 heavy (non-hydrogen) atoms. The van der Waals surface area contributed by atoms with Gasteiger partial charge >= 0.3 is 12.8 Å². The van der Waals surface area contributed by atoms with Gasteiger partial charge in [-0.05, 0) is 42.5 Å². The summed E-state index contributed by atoms with van der Waals surface area (Å²) in [6.45, 7) is -2.98. The molecule has 0 amide bonds. The quantitative estimate of drug-likeness (QED) is 0.331. The molecule has 164 valence electrons. The van der Waals surface area contributed by atoms with Crippen LogP contribution >= 0.6 is 11.6 Å². The van der Waals surface area contributed by atoms with Crippen molar-refractivity contribution in [1.82, 2.24) is 15.0 Å². The number of aromatic nitrogens is 3. The van der Waals surface area contributed by atoms with E-state index in [-0.39, 0.29) is 23.0 Å². The maximum absolute atomic E-state index is 12.8. The minimum Gasteiger partial charge on any atom is -0.435 e. The molecule has 11 heteroatoms. The van der Waals surface area contributed by atoms with Crippen LogP contribution in [0, 0.1) is 0 Å². The molecule has 0 spiro atoms. The van der Waals surface area contributed by atoms with E-state index >= 15 is 0 Å². The number of fused-ring (bicyclic) bond motifs is 1. The van der Waals surface area contributed by atoms with Gasteiger partial charge in [-0.3, -0.25) is 4.98 Å². The summed E-state index contributed by atoms with van der Waals surface area (Å²) < 4.78 is 67.9. The van der Waals surface area contributed by atoms with E-state index in [0.717, 1.165) is 12.3 Å². The Kier molecular flexibility index (Phi) is 5.79. The molecule has 5 nitrogen and oxygen atoms in total. The first kappa shape index (κ1) is 21.7. The topological polar surface area (TPSA) is 59.9 Å². The van der Waals surface area contributed by atoms with Gasteiger partial charge in [0.05, 0.1) is 5.52 Å². The van der Waals surface area contributed by atoms with Crippen LogP contribution in [0.15, 0.2) is 60.8 Å². The Balaban J connectivity index is 1.77. The zero-order chi connectivity index (χ0) is 22.9. The number of ether oxygens (including phenoxy) is 1. The molecule has 0 radical (unpaired) electrons. The average molecular weight is 467 g/mol. The van der Waals surface area contributed by atoms with Crippen molar-refractivity contribution in [2.24, 2.45) is 0 Å². The van der Waals surface area contributed by atoms with E-state index < -0.39 is 18.5 Å². The molecule has 0 bridgehead atoms. The van der Waals surface area contributed by atoms with Gasteiger partial charge in [-0.2, -0.15) is 22.0 Å². The van der Waals surface area contributed by atoms with Crippen molar-refractivity contribution in [3.63, 3.8) is 0 Å². The van der Waals surface area contributed by atoms with E-state index in [1.807, 2.05) is 0 Å². The number of rotatable bonds is 5. The Morgan fingerprint density at radius 3 is 2.47 bits per heavy atom. The summed E-state index contributed by atoms with van der Waals surface area (Å²) in [5, 5.41) is 3.95. The van der Waals surface area contributed by atoms with Gasteiger partial charge in [0, 0.05) is 33.9 Å². The van der Waals surface area contributed by atoms with Crippen LogP contribution in [0.3, 0.4) is 0 Å². The van der Waals surface area contributed by atoms with Crippen molar-refractivity contribution in [2.45, 2.75) is 12.8 Å². The molecule has 0 atom stereocenters. The zero-order valence-electron chi connectivity index (χ0n) is 15.9. The first-order chi connectivity index (χ1) is 15.2. The number of benzene rings is 2. The van der Waals surface area contributed by atoms with Crippen molar-refractivity contribution < 1.29 is 26.7 Å². The zero-order valence-corrected chi connectivity index (χ0v) is 16.6. The van der Waals surface area contributed by atoms with Crippen molar-refractivity contribution >= 4 is 34.0 Å². The van der Waals surface area contributed by atoms with E-state index in [0.29, 0.717) is 21.6 Å². The van der Waals surface area contributed by atoms with E-state index in [1.165, 1.54) is 24.3 Å². The van der Waals surface area contributed by atoms with Gasteiger partial charge in [-0.25, -0.2) is 9.97 Å². The number of hydrogen-bond acceptors (Lipinski definition) is 5. The van der Waals surface area contributed by atoms with Crippen LogP contribution in [0.2, 0.25) is 5.02 Å².